The Morgan fingerprint density at radius 1 is 1.29 bits per heavy atom. The fraction of sp³-hybridized carbons (Fsp3) is 1.00. The lowest BCUT2D eigenvalue weighted by molar-refractivity contribution is 0.0722. The summed E-state index contributed by atoms with van der Waals surface area (Å²) in [5.74, 6) is 1.81. The predicted molar refractivity (Wildman–Crippen MR) is 63.5 cm³/mol. The molecular weight excluding hydrogens is 170 g/mol. The van der Waals surface area contributed by atoms with Crippen LogP contribution in [0.3, 0.4) is 0 Å². The minimum Gasteiger partial charge on any atom is -0.298 e. The van der Waals surface area contributed by atoms with Crippen molar-refractivity contribution in [2.75, 3.05) is 13.1 Å². The van der Waals surface area contributed by atoms with Gasteiger partial charge >= 0.3 is 0 Å². The zero-order chi connectivity index (χ0) is 10.8. The van der Waals surface area contributed by atoms with Crippen molar-refractivity contribution in [2.45, 2.75) is 59.4 Å². The van der Waals surface area contributed by atoms with Crippen LogP contribution in [0.2, 0.25) is 0 Å². The van der Waals surface area contributed by atoms with Crippen molar-refractivity contribution >= 4 is 0 Å². The van der Waals surface area contributed by atoms with Crippen molar-refractivity contribution in [2.24, 2.45) is 11.8 Å². The van der Waals surface area contributed by atoms with Crippen molar-refractivity contribution < 1.29 is 0 Å². The van der Waals surface area contributed by atoms with E-state index in [-0.39, 0.29) is 0 Å². The van der Waals surface area contributed by atoms with Gasteiger partial charge in [0.25, 0.3) is 0 Å². The minimum atomic E-state index is 0.371. The van der Waals surface area contributed by atoms with Gasteiger partial charge in [-0.2, -0.15) is 0 Å². The van der Waals surface area contributed by atoms with Crippen molar-refractivity contribution in [3.05, 3.63) is 0 Å². The largest absolute Gasteiger partial charge is 0.298 e. The molecule has 1 rings (SSSR count). The molecule has 1 atom stereocenters. The highest BCUT2D eigenvalue weighted by molar-refractivity contribution is 4.82. The Kier molecular flexibility index (Phi) is 4.00. The molecule has 1 aliphatic rings. The number of rotatable bonds is 2. The lowest BCUT2D eigenvalue weighted by atomic mass is 9.87. The Morgan fingerprint density at radius 3 is 2.43 bits per heavy atom. The molecule has 0 saturated carbocycles. The molecule has 0 radical (unpaired) electrons. The first kappa shape index (κ1) is 12.0. The van der Waals surface area contributed by atoms with Crippen LogP contribution in [-0.2, 0) is 0 Å². The van der Waals surface area contributed by atoms with E-state index in [2.05, 4.69) is 39.5 Å². The van der Waals surface area contributed by atoms with E-state index < -0.39 is 0 Å². The Hall–Kier alpha value is -0.0400. The van der Waals surface area contributed by atoms with Gasteiger partial charge < -0.3 is 0 Å². The van der Waals surface area contributed by atoms with Crippen LogP contribution >= 0.6 is 0 Å². The van der Waals surface area contributed by atoms with Gasteiger partial charge in [-0.05, 0) is 58.4 Å². The van der Waals surface area contributed by atoms with E-state index in [9.17, 15) is 0 Å². The molecule has 1 unspecified atom stereocenters. The molecule has 0 aromatic heterocycles. The van der Waals surface area contributed by atoms with E-state index in [1.807, 2.05) is 0 Å². The van der Waals surface area contributed by atoms with Gasteiger partial charge in [0.2, 0.25) is 0 Å². The zero-order valence-electron chi connectivity index (χ0n) is 10.6. The molecule has 0 aromatic carbocycles. The van der Waals surface area contributed by atoms with Crippen molar-refractivity contribution in [3.8, 4) is 0 Å². The van der Waals surface area contributed by atoms with E-state index in [0.29, 0.717) is 5.54 Å². The summed E-state index contributed by atoms with van der Waals surface area (Å²) < 4.78 is 0. The molecule has 0 aromatic rings. The fourth-order valence-corrected chi connectivity index (χ4v) is 2.53. The van der Waals surface area contributed by atoms with E-state index in [4.69, 9.17) is 0 Å². The smallest absolute Gasteiger partial charge is 0.0125 e. The highest BCUT2D eigenvalue weighted by Crippen LogP contribution is 2.27. The monoisotopic (exact) mass is 197 g/mol. The van der Waals surface area contributed by atoms with Crippen LogP contribution in [-0.4, -0.2) is 23.5 Å². The first-order valence-corrected chi connectivity index (χ1v) is 6.14. The van der Waals surface area contributed by atoms with Gasteiger partial charge in [-0.15, -0.1) is 0 Å². The molecule has 1 heterocycles. The third kappa shape index (κ3) is 3.61. The molecule has 0 aliphatic carbocycles. The minimum absolute atomic E-state index is 0.371. The third-order valence-corrected chi connectivity index (χ3v) is 3.27. The van der Waals surface area contributed by atoms with Gasteiger partial charge in [0.15, 0.2) is 0 Å². The SMILES string of the molecule is CC(C)CC1CCCN(C(C)(C)C)C1. The molecule has 1 saturated heterocycles. The Morgan fingerprint density at radius 2 is 1.93 bits per heavy atom. The third-order valence-electron chi connectivity index (χ3n) is 3.27. The second-order valence-corrected chi connectivity index (χ2v) is 6.25. The predicted octanol–water partition coefficient (Wildman–Crippen LogP) is 3.54. The molecule has 14 heavy (non-hydrogen) atoms. The number of hydrogen-bond donors (Lipinski definition) is 0. The molecule has 0 spiro atoms. The second kappa shape index (κ2) is 4.65. The van der Waals surface area contributed by atoms with E-state index in [1.165, 1.54) is 32.4 Å². The first-order chi connectivity index (χ1) is 6.39. The Balaban J connectivity index is 2.44. The van der Waals surface area contributed by atoms with Crippen LogP contribution in [0.25, 0.3) is 0 Å². The normalized spacial score (nSPS) is 25.7. The molecule has 1 fully saturated rings. The quantitative estimate of drug-likeness (QED) is 0.654. The lowest BCUT2D eigenvalue weighted by Crippen LogP contribution is -2.47. The molecule has 0 amide bonds. The van der Waals surface area contributed by atoms with E-state index >= 15 is 0 Å². The van der Waals surface area contributed by atoms with Crippen molar-refractivity contribution in [1.82, 2.24) is 4.90 Å². The second-order valence-electron chi connectivity index (χ2n) is 6.25. The molecule has 84 valence electrons. The maximum atomic E-state index is 2.66. The standard InChI is InChI=1S/C13H27N/c1-11(2)9-12-7-6-8-14(10-12)13(3,4)5/h11-12H,6-10H2,1-5H3. The van der Waals surface area contributed by atoms with Gasteiger partial charge in [0, 0.05) is 12.1 Å². The van der Waals surface area contributed by atoms with Crippen LogP contribution < -0.4 is 0 Å². The van der Waals surface area contributed by atoms with Gasteiger partial charge in [-0.1, -0.05) is 13.8 Å². The summed E-state index contributed by atoms with van der Waals surface area (Å²) in [6, 6.07) is 0. The van der Waals surface area contributed by atoms with E-state index in [1.54, 1.807) is 0 Å². The van der Waals surface area contributed by atoms with Crippen LogP contribution in [0.15, 0.2) is 0 Å². The molecular formula is C13H27N. The average Bonchev–Trinajstić information content (AvgIpc) is 2.01. The van der Waals surface area contributed by atoms with Gasteiger partial charge in [-0.3, -0.25) is 4.90 Å². The summed E-state index contributed by atoms with van der Waals surface area (Å²) in [6.45, 7) is 14.3. The summed E-state index contributed by atoms with van der Waals surface area (Å²) in [7, 11) is 0. The Labute approximate surface area is 89.9 Å². The zero-order valence-corrected chi connectivity index (χ0v) is 10.6. The van der Waals surface area contributed by atoms with Crippen LogP contribution in [0.5, 0.6) is 0 Å². The highest BCUT2D eigenvalue weighted by Gasteiger charge is 2.27. The molecule has 1 nitrogen and oxygen atoms in total. The summed E-state index contributed by atoms with van der Waals surface area (Å²) >= 11 is 0. The average molecular weight is 197 g/mol. The van der Waals surface area contributed by atoms with Crippen LogP contribution in [0.4, 0.5) is 0 Å². The fourth-order valence-electron chi connectivity index (χ4n) is 2.53. The summed E-state index contributed by atoms with van der Waals surface area (Å²) in [6.07, 6.45) is 4.26. The Bertz CT molecular complexity index is 167. The maximum Gasteiger partial charge on any atom is 0.0125 e. The van der Waals surface area contributed by atoms with Crippen molar-refractivity contribution in [3.63, 3.8) is 0 Å². The van der Waals surface area contributed by atoms with E-state index in [0.717, 1.165) is 11.8 Å². The topological polar surface area (TPSA) is 3.24 Å². The van der Waals surface area contributed by atoms with Gasteiger partial charge in [0.05, 0.1) is 0 Å². The molecule has 1 aliphatic heterocycles. The highest BCUT2D eigenvalue weighted by atomic mass is 15.2. The number of likely N-dealkylation sites (tertiary alicyclic amines) is 1. The van der Waals surface area contributed by atoms with Crippen LogP contribution in [0, 0.1) is 11.8 Å². The lowest BCUT2D eigenvalue weighted by Gasteiger charge is -2.42. The van der Waals surface area contributed by atoms with Gasteiger partial charge in [0.1, 0.15) is 0 Å². The van der Waals surface area contributed by atoms with Crippen molar-refractivity contribution in [1.29, 1.82) is 0 Å². The summed E-state index contributed by atoms with van der Waals surface area (Å²) in [4.78, 5) is 2.66. The van der Waals surface area contributed by atoms with Crippen LogP contribution in [0.1, 0.15) is 53.9 Å². The molecule has 1 heteroatoms. The maximum absolute atomic E-state index is 2.66. The molecule has 0 bridgehead atoms. The summed E-state index contributed by atoms with van der Waals surface area (Å²) in [5, 5.41) is 0. The number of nitrogens with zero attached hydrogens (tertiary/aromatic N) is 1. The number of hydrogen-bond acceptors (Lipinski definition) is 1. The van der Waals surface area contributed by atoms with Gasteiger partial charge in [-0.25, -0.2) is 0 Å². The molecule has 0 N–H and O–H groups in total. The summed E-state index contributed by atoms with van der Waals surface area (Å²) in [5.41, 5.74) is 0.371. The number of piperidine rings is 1. The first-order valence-electron chi connectivity index (χ1n) is 6.14.